The molecule has 4 aliphatic heterocycles. The number of aromatic nitrogens is 6. The van der Waals surface area contributed by atoms with Gasteiger partial charge in [0.2, 0.25) is 0 Å². The van der Waals surface area contributed by atoms with E-state index in [4.69, 9.17) is 34.5 Å². The second kappa shape index (κ2) is 14.9. The van der Waals surface area contributed by atoms with Gasteiger partial charge in [-0.3, -0.25) is 9.97 Å². The van der Waals surface area contributed by atoms with E-state index < -0.39 is 5.60 Å². The van der Waals surface area contributed by atoms with Gasteiger partial charge in [-0.25, -0.2) is 19.4 Å². The van der Waals surface area contributed by atoms with Crippen LogP contribution in [0.5, 0.6) is 0 Å². The summed E-state index contributed by atoms with van der Waals surface area (Å²) in [6, 6.07) is 13.5. The fourth-order valence-corrected chi connectivity index (χ4v) is 9.89. The number of hydrogen-bond acceptors (Lipinski definition) is 12. The van der Waals surface area contributed by atoms with Gasteiger partial charge in [-0.2, -0.15) is 0 Å². The molecule has 14 heteroatoms. The molecular weight excluding hydrogens is 743 g/mol. The maximum atomic E-state index is 13.1. The Morgan fingerprint density at radius 1 is 0.746 bits per heavy atom. The average Bonchev–Trinajstić information content (AvgIpc) is 3.77. The predicted molar refractivity (Wildman–Crippen MR) is 231 cm³/mol. The molecule has 5 aromatic heterocycles. The van der Waals surface area contributed by atoms with Crippen LogP contribution in [0.4, 0.5) is 28.1 Å². The molecule has 4 saturated heterocycles. The van der Waals surface area contributed by atoms with Gasteiger partial charge < -0.3 is 35.2 Å². The number of nitrogens with zero attached hydrogens (tertiary/aromatic N) is 8. The summed E-state index contributed by atoms with van der Waals surface area (Å²) in [5.74, 6) is 3.68. The zero-order chi connectivity index (χ0) is 41.2. The molecule has 4 fully saturated rings. The second-order valence-corrected chi connectivity index (χ2v) is 18.8. The van der Waals surface area contributed by atoms with Crippen LogP contribution in [-0.2, 0) is 9.47 Å². The first-order valence-electron chi connectivity index (χ1n) is 21.2. The van der Waals surface area contributed by atoms with Crippen molar-refractivity contribution >= 4 is 51.2 Å². The minimum absolute atomic E-state index is 0.148. The summed E-state index contributed by atoms with van der Waals surface area (Å²) in [5, 5.41) is 17.9. The lowest BCUT2D eigenvalue weighted by Gasteiger charge is -2.42. The van der Waals surface area contributed by atoms with Gasteiger partial charge in [0.25, 0.3) is 0 Å². The van der Waals surface area contributed by atoms with Crippen molar-refractivity contribution in [2.24, 2.45) is 0 Å². The lowest BCUT2D eigenvalue weighted by molar-refractivity contribution is -0.0205. The molecule has 9 heterocycles. The summed E-state index contributed by atoms with van der Waals surface area (Å²) in [7, 11) is 0. The molecule has 4 aliphatic rings. The van der Waals surface area contributed by atoms with Gasteiger partial charge in [0.15, 0.2) is 11.7 Å². The number of anilines is 4. The Kier molecular flexibility index (Phi) is 9.78. The highest BCUT2D eigenvalue weighted by Gasteiger charge is 2.45. The minimum atomic E-state index is -0.518. The number of pyridine rings is 4. The van der Waals surface area contributed by atoms with Crippen LogP contribution in [-0.4, -0.2) is 93.1 Å². The van der Waals surface area contributed by atoms with Gasteiger partial charge in [0.1, 0.15) is 39.9 Å². The Hall–Kier alpha value is -5.66. The first kappa shape index (κ1) is 38.8. The van der Waals surface area contributed by atoms with E-state index in [0.717, 1.165) is 102 Å². The van der Waals surface area contributed by atoms with Crippen LogP contribution in [0.2, 0.25) is 0 Å². The third-order valence-corrected chi connectivity index (χ3v) is 12.1. The highest BCUT2D eigenvalue weighted by Crippen LogP contribution is 2.41. The van der Waals surface area contributed by atoms with Crippen LogP contribution in [0.1, 0.15) is 98.6 Å². The third kappa shape index (κ3) is 7.93. The number of fused-ring (bicyclic) bond motifs is 6. The summed E-state index contributed by atoms with van der Waals surface area (Å²) >= 11 is 0. The van der Waals surface area contributed by atoms with Crippen LogP contribution in [0, 0.1) is 6.92 Å². The second-order valence-electron chi connectivity index (χ2n) is 18.8. The molecule has 9 rings (SSSR count). The maximum absolute atomic E-state index is 13.1. The van der Waals surface area contributed by atoms with Crippen molar-refractivity contribution in [2.75, 3.05) is 16.0 Å². The van der Waals surface area contributed by atoms with E-state index in [-0.39, 0.29) is 35.9 Å². The number of carbonyl (C=O) groups is 1. The minimum Gasteiger partial charge on any atom is -0.474 e. The molecule has 1 amide bonds. The molecule has 14 nitrogen and oxygen atoms in total. The fourth-order valence-electron chi connectivity index (χ4n) is 9.89. The van der Waals surface area contributed by atoms with Crippen LogP contribution >= 0.6 is 0 Å². The summed E-state index contributed by atoms with van der Waals surface area (Å²) in [5.41, 5.74) is 2.55. The zero-order valence-electron chi connectivity index (χ0n) is 35.3. The van der Waals surface area contributed by atoms with Crippen molar-refractivity contribution in [3.8, 4) is 5.69 Å². The first-order chi connectivity index (χ1) is 28.2. The Bertz CT molecular complexity index is 2370. The Balaban J connectivity index is 0.921. The standard InChI is InChI=1S/C45H57N11O3/c1-26-19-39(51-38-24-36-34(11-9-17-46-36)42(52-38)50-29-20-30-13-14-31(21-29)54(30)27(2)58-44(3,4)5)53-56(26)37-25-48-41(35-12-10-18-47-40(35)37)49-28-22-32-15-16-33(23-28)55(32)43(57)59-45(6,7)8/h9-12,17-19,24-25,28-33H,2,13-16,20-23H2,1,3-8H3,(H,48,49)(H2,50,51,52,53)/t28?,29?,30-,31+,32-,33+. The molecule has 0 radical (unpaired) electrons. The third-order valence-electron chi connectivity index (χ3n) is 12.1. The van der Waals surface area contributed by atoms with Crippen molar-refractivity contribution < 1.29 is 14.3 Å². The molecule has 0 aliphatic carbocycles. The molecule has 0 aromatic carbocycles. The summed E-state index contributed by atoms with van der Waals surface area (Å²) in [6.45, 7) is 18.3. The molecule has 4 bridgehead atoms. The van der Waals surface area contributed by atoms with E-state index in [1.165, 1.54) is 0 Å². The zero-order valence-corrected chi connectivity index (χ0v) is 35.3. The van der Waals surface area contributed by atoms with E-state index in [2.05, 4.69) is 60.3 Å². The van der Waals surface area contributed by atoms with Crippen molar-refractivity contribution in [1.82, 2.24) is 39.5 Å². The molecule has 5 aromatic rings. The first-order valence-corrected chi connectivity index (χ1v) is 21.2. The lowest BCUT2D eigenvalue weighted by atomic mass is 9.97. The van der Waals surface area contributed by atoms with Crippen molar-refractivity contribution in [3.05, 3.63) is 73.1 Å². The molecule has 59 heavy (non-hydrogen) atoms. The molecule has 2 unspecified atom stereocenters. The Morgan fingerprint density at radius 2 is 1.34 bits per heavy atom. The number of amides is 1. The van der Waals surface area contributed by atoms with Gasteiger partial charge in [0.05, 0.1) is 11.7 Å². The maximum Gasteiger partial charge on any atom is 0.410 e. The SMILES string of the molecule is C=C(OC(C)(C)C)N1[C@@H]2CC[C@H]1CC(Nc1nc(Nc3cc(C)n(-c4cnc(NC5C[C@H]6CC[C@@H](C5)N6C(=O)OC(C)(C)C)c5cccnc45)n3)cc3ncccc13)C2. The molecule has 3 N–H and O–H groups in total. The van der Waals surface area contributed by atoms with E-state index in [9.17, 15) is 4.79 Å². The van der Waals surface area contributed by atoms with Crippen LogP contribution in [0.15, 0.2) is 67.5 Å². The van der Waals surface area contributed by atoms with Crippen LogP contribution in [0.3, 0.4) is 0 Å². The number of nitrogens with one attached hydrogen (secondary N) is 3. The highest BCUT2D eigenvalue weighted by molar-refractivity contribution is 5.94. The quantitative estimate of drug-likeness (QED) is 0.122. The number of hydrogen-bond donors (Lipinski definition) is 3. The van der Waals surface area contributed by atoms with E-state index in [0.29, 0.717) is 23.7 Å². The van der Waals surface area contributed by atoms with E-state index in [1.807, 2.05) is 73.9 Å². The topological polar surface area (TPSA) is 147 Å². The predicted octanol–water partition coefficient (Wildman–Crippen LogP) is 8.85. The van der Waals surface area contributed by atoms with Gasteiger partial charge in [-0.05, 0) is 131 Å². The number of piperidine rings is 2. The van der Waals surface area contributed by atoms with Crippen molar-refractivity contribution in [1.29, 1.82) is 0 Å². The average molecular weight is 800 g/mol. The molecule has 0 saturated carbocycles. The molecule has 0 spiro atoms. The Labute approximate surface area is 346 Å². The van der Waals surface area contributed by atoms with Crippen LogP contribution < -0.4 is 16.0 Å². The summed E-state index contributed by atoms with van der Waals surface area (Å²) in [4.78, 5) is 37.1. The molecule has 310 valence electrons. The van der Waals surface area contributed by atoms with Gasteiger partial charge in [0, 0.05) is 77.2 Å². The summed E-state index contributed by atoms with van der Waals surface area (Å²) < 4.78 is 13.9. The number of ether oxygens (including phenoxy) is 2. The number of rotatable bonds is 9. The monoisotopic (exact) mass is 799 g/mol. The van der Waals surface area contributed by atoms with Crippen LogP contribution in [0.25, 0.3) is 27.5 Å². The number of carbonyl (C=O) groups excluding carboxylic acids is 1. The summed E-state index contributed by atoms with van der Waals surface area (Å²) in [6.07, 6.45) is 13.1. The van der Waals surface area contributed by atoms with Crippen molar-refractivity contribution in [2.45, 2.75) is 147 Å². The normalized spacial score (nSPS) is 24.1. The lowest BCUT2D eigenvalue weighted by Crippen LogP contribution is -2.51. The van der Waals surface area contributed by atoms with E-state index >= 15 is 0 Å². The molecular formula is C45H57N11O3. The van der Waals surface area contributed by atoms with Crippen molar-refractivity contribution in [3.63, 3.8) is 0 Å². The van der Waals surface area contributed by atoms with E-state index in [1.54, 1.807) is 6.20 Å². The Morgan fingerprint density at radius 3 is 1.98 bits per heavy atom. The van der Waals surface area contributed by atoms with Gasteiger partial charge in [-0.15, -0.1) is 5.10 Å². The largest absolute Gasteiger partial charge is 0.474 e. The molecule has 6 atom stereocenters. The smallest absolute Gasteiger partial charge is 0.410 e. The van der Waals surface area contributed by atoms with Gasteiger partial charge in [-0.1, -0.05) is 0 Å². The number of aryl methyl sites for hydroxylation is 1. The highest BCUT2D eigenvalue weighted by atomic mass is 16.6. The fraction of sp³-hybridized carbons (Fsp3) is 0.511. The van der Waals surface area contributed by atoms with Gasteiger partial charge >= 0.3 is 6.09 Å².